The van der Waals surface area contributed by atoms with Crippen molar-refractivity contribution in [2.24, 2.45) is 0 Å². The van der Waals surface area contributed by atoms with Crippen LogP contribution in [0.25, 0.3) is 0 Å². The van der Waals surface area contributed by atoms with Crippen LogP contribution in [0.15, 0.2) is 46.0 Å². The Labute approximate surface area is 145 Å². The van der Waals surface area contributed by atoms with Gasteiger partial charge in [-0.3, -0.25) is 4.79 Å². The molecule has 0 aliphatic rings. The van der Waals surface area contributed by atoms with Crippen LogP contribution in [0.5, 0.6) is 5.75 Å². The first-order chi connectivity index (χ1) is 11.4. The Bertz CT molecular complexity index is 771. The summed E-state index contributed by atoms with van der Waals surface area (Å²) in [6.45, 7) is 0. The SMILES string of the molecule is COc1ccsc1S(=O)(=O)NC(CCC(=O)O)Cc1ccccc1. The van der Waals surface area contributed by atoms with Gasteiger partial charge < -0.3 is 9.84 Å². The highest BCUT2D eigenvalue weighted by atomic mass is 32.2. The monoisotopic (exact) mass is 369 g/mol. The largest absolute Gasteiger partial charge is 0.494 e. The fraction of sp³-hybridized carbons (Fsp3) is 0.312. The number of aliphatic carboxylic acids is 1. The molecule has 1 aromatic carbocycles. The summed E-state index contributed by atoms with van der Waals surface area (Å²) >= 11 is 1.06. The van der Waals surface area contributed by atoms with Crippen LogP contribution in [0.2, 0.25) is 0 Å². The highest BCUT2D eigenvalue weighted by Gasteiger charge is 2.25. The van der Waals surface area contributed by atoms with E-state index in [-0.39, 0.29) is 22.8 Å². The lowest BCUT2D eigenvalue weighted by molar-refractivity contribution is -0.137. The molecule has 2 N–H and O–H groups in total. The lowest BCUT2D eigenvalue weighted by Gasteiger charge is -2.18. The first kappa shape index (κ1) is 18.4. The van der Waals surface area contributed by atoms with E-state index in [2.05, 4.69) is 4.72 Å². The molecule has 1 aromatic heterocycles. The van der Waals surface area contributed by atoms with Crippen molar-refractivity contribution in [1.82, 2.24) is 4.72 Å². The molecule has 0 radical (unpaired) electrons. The number of carboxylic acid groups (broad SMARTS) is 1. The van der Waals surface area contributed by atoms with E-state index in [0.717, 1.165) is 16.9 Å². The Kier molecular flexibility index (Phi) is 6.36. The molecule has 0 spiro atoms. The number of thiophene rings is 1. The molecule has 1 heterocycles. The molecule has 8 heteroatoms. The molecule has 0 fully saturated rings. The van der Waals surface area contributed by atoms with Crippen LogP contribution in [-0.2, 0) is 21.2 Å². The average molecular weight is 369 g/mol. The Morgan fingerprint density at radius 1 is 1.29 bits per heavy atom. The standard InChI is InChI=1S/C16H19NO5S2/c1-22-14-9-10-23-16(14)24(20,21)17-13(7-8-15(18)19)11-12-5-3-2-4-6-12/h2-6,9-10,13,17H,7-8,11H2,1H3,(H,18,19). The molecular formula is C16H19NO5S2. The number of sulfonamides is 1. The van der Waals surface area contributed by atoms with Gasteiger partial charge in [-0.25, -0.2) is 13.1 Å². The second-order valence-corrected chi connectivity index (χ2v) is 8.04. The molecule has 0 amide bonds. The van der Waals surface area contributed by atoms with Gasteiger partial charge in [0, 0.05) is 12.5 Å². The van der Waals surface area contributed by atoms with Crippen molar-refractivity contribution in [3.05, 3.63) is 47.3 Å². The van der Waals surface area contributed by atoms with Crippen molar-refractivity contribution in [2.75, 3.05) is 7.11 Å². The highest BCUT2D eigenvalue weighted by Crippen LogP contribution is 2.29. The minimum Gasteiger partial charge on any atom is -0.494 e. The summed E-state index contributed by atoms with van der Waals surface area (Å²) < 4.78 is 33.0. The van der Waals surface area contributed by atoms with Gasteiger partial charge in [-0.15, -0.1) is 11.3 Å². The maximum atomic E-state index is 12.6. The number of hydrogen-bond donors (Lipinski definition) is 2. The summed E-state index contributed by atoms with van der Waals surface area (Å²) in [6, 6.07) is 10.4. The highest BCUT2D eigenvalue weighted by molar-refractivity contribution is 7.91. The second-order valence-electron chi connectivity index (χ2n) is 5.22. The van der Waals surface area contributed by atoms with Crippen molar-refractivity contribution < 1.29 is 23.1 Å². The normalized spacial score (nSPS) is 12.7. The van der Waals surface area contributed by atoms with E-state index in [0.29, 0.717) is 6.42 Å². The minimum absolute atomic E-state index is 0.0957. The third-order valence-corrected chi connectivity index (χ3v) is 6.38. The fourth-order valence-electron chi connectivity index (χ4n) is 2.30. The maximum absolute atomic E-state index is 12.6. The fourth-order valence-corrected chi connectivity index (χ4v) is 4.87. The first-order valence-electron chi connectivity index (χ1n) is 7.32. The number of ether oxygens (including phenoxy) is 1. The molecule has 1 atom stereocenters. The topological polar surface area (TPSA) is 92.7 Å². The van der Waals surface area contributed by atoms with Crippen LogP contribution >= 0.6 is 11.3 Å². The Morgan fingerprint density at radius 3 is 2.62 bits per heavy atom. The lowest BCUT2D eigenvalue weighted by Crippen LogP contribution is -2.36. The van der Waals surface area contributed by atoms with Gasteiger partial charge in [-0.1, -0.05) is 30.3 Å². The van der Waals surface area contributed by atoms with Gasteiger partial charge in [-0.2, -0.15) is 0 Å². The zero-order chi connectivity index (χ0) is 17.6. The van der Waals surface area contributed by atoms with Gasteiger partial charge in [0.15, 0.2) is 4.21 Å². The molecule has 0 saturated heterocycles. The van der Waals surface area contributed by atoms with Crippen molar-refractivity contribution >= 4 is 27.3 Å². The predicted octanol–water partition coefficient (Wildman–Crippen LogP) is 2.51. The molecule has 130 valence electrons. The maximum Gasteiger partial charge on any atom is 0.303 e. The zero-order valence-electron chi connectivity index (χ0n) is 13.1. The Morgan fingerprint density at radius 2 is 2.00 bits per heavy atom. The van der Waals surface area contributed by atoms with Crippen LogP contribution < -0.4 is 9.46 Å². The van der Waals surface area contributed by atoms with E-state index in [1.807, 2.05) is 30.3 Å². The van der Waals surface area contributed by atoms with Gasteiger partial charge in [-0.05, 0) is 29.9 Å². The Balaban J connectivity index is 2.18. The van der Waals surface area contributed by atoms with Crippen molar-refractivity contribution in [3.63, 3.8) is 0 Å². The number of nitrogens with one attached hydrogen (secondary N) is 1. The molecule has 2 aromatic rings. The van der Waals surface area contributed by atoms with E-state index >= 15 is 0 Å². The summed E-state index contributed by atoms with van der Waals surface area (Å²) in [5, 5.41) is 10.5. The zero-order valence-corrected chi connectivity index (χ0v) is 14.8. The van der Waals surface area contributed by atoms with Crippen molar-refractivity contribution in [2.45, 2.75) is 29.5 Å². The number of methoxy groups -OCH3 is 1. The first-order valence-corrected chi connectivity index (χ1v) is 9.68. The van der Waals surface area contributed by atoms with Crippen LogP contribution in [0.4, 0.5) is 0 Å². The van der Waals surface area contributed by atoms with Gasteiger partial charge in [0.2, 0.25) is 0 Å². The van der Waals surface area contributed by atoms with Gasteiger partial charge in [0.1, 0.15) is 5.75 Å². The number of hydrogen-bond acceptors (Lipinski definition) is 5. The summed E-state index contributed by atoms with van der Waals surface area (Å²) in [4.78, 5) is 10.9. The van der Waals surface area contributed by atoms with Crippen molar-refractivity contribution in [1.29, 1.82) is 0 Å². The van der Waals surface area contributed by atoms with Gasteiger partial charge in [0.25, 0.3) is 10.0 Å². The average Bonchev–Trinajstić information content (AvgIpc) is 3.03. The predicted molar refractivity (Wildman–Crippen MR) is 92.0 cm³/mol. The lowest BCUT2D eigenvalue weighted by atomic mass is 10.0. The third kappa shape index (κ3) is 5.05. The summed E-state index contributed by atoms with van der Waals surface area (Å²) in [6.07, 6.45) is 0.514. The molecule has 2 rings (SSSR count). The van der Waals surface area contributed by atoms with E-state index in [1.165, 1.54) is 7.11 Å². The molecule has 6 nitrogen and oxygen atoms in total. The summed E-state index contributed by atoms with van der Waals surface area (Å²) in [7, 11) is -2.37. The smallest absolute Gasteiger partial charge is 0.303 e. The van der Waals surface area contributed by atoms with Gasteiger partial charge >= 0.3 is 5.97 Å². The molecule has 24 heavy (non-hydrogen) atoms. The van der Waals surface area contributed by atoms with Crippen LogP contribution in [-0.4, -0.2) is 32.6 Å². The quantitative estimate of drug-likeness (QED) is 0.708. The third-order valence-electron chi connectivity index (χ3n) is 3.41. The number of rotatable bonds is 9. The van der Waals surface area contributed by atoms with E-state index in [4.69, 9.17) is 9.84 Å². The minimum atomic E-state index is -3.78. The van der Waals surface area contributed by atoms with Crippen LogP contribution in [0.1, 0.15) is 18.4 Å². The van der Waals surface area contributed by atoms with Crippen molar-refractivity contribution in [3.8, 4) is 5.75 Å². The molecular weight excluding hydrogens is 350 g/mol. The molecule has 1 unspecified atom stereocenters. The number of carbonyl (C=O) groups is 1. The van der Waals surface area contributed by atoms with Gasteiger partial charge in [0.05, 0.1) is 7.11 Å². The molecule has 0 bridgehead atoms. The summed E-state index contributed by atoms with van der Waals surface area (Å²) in [5.74, 6) is -0.676. The van der Waals surface area contributed by atoms with E-state index < -0.39 is 22.0 Å². The number of benzene rings is 1. The molecule has 0 aliphatic carbocycles. The van der Waals surface area contributed by atoms with E-state index in [1.54, 1.807) is 11.4 Å². The number of carboxylic acids is 1. The summed E-state index contributed by atoms with van der Waals surface area (Å²) in [5.41, 5.74) is 0.939. The van der Waals surface area contributed by atoms with Crippen LogP contribution in [0.3, 0.4) is 0 Å². The Hall–Kier alpha value is -1.90. The van der Waals surface area contributed by atoms with Crippen LogP contribution in [0, 0.1) is 0 Å². The molecule has 0 aliphatic heterocycles. The van der Waals surface area contributed by atoms with E-state index in [9.17, 15) is 13.2 Å². The molecule has 0 saturated carbocycles. The second kappa shape index (κ2) is 8.27.